The summed E-state index contributed by atoms with van der Waals surface area (Å²) in [5.41, 5.74) is 1.09. The fraction of sp³-hybridized carbons (Fsp3) is 0.556. The summed E-state index contributed by atoms with van der Waals surface area (Å²) in [6.07, 6.45) is 9.42. The molecule has 2 aliphatic heterocycles. The molecule has 26 heavy (non-hydrogen) atoms. The molecule has 0 spiro atoms. The van der Waals surface area contributed by atoms with Crippen molar-refractivity contribution in [2.45, 2.75) is 25.3 Å². The summed E-state index contributed by atoms with van der Waals surface area (Å²) in [7, 11) is 0. The van der Waals surface area contributed by atoms with Crippen LogP contribution in [0.25, 0.3) is 0 Å². The van der Waals surface area contributed by atoms with E-state index in [1.807, 2.05) is 11.1 Å². The Hall–Kier alpha value is -2.48. The average molecular weight is 355 g/mol. The summed E-state index contributed by atoms with van der Waals surface area (Å²) in [4.78, 5) is 25.1. The molecule has 2 aromatic rings. The van der Waals surface area contributed by atoms with Crippen molar-refractivity contribution in [3.8, 4) is 0 Å². The third kappa shape index (κ3) is 3.85. The largest absolute Gasteiger partial charge is 0.352 e. The highest BCUT2D eigenvalue weighted by Crippen LogP contribution is 2.21. The van der Waals surface area contributed by atoms with Crippen LogP contribution in [0.1, 0.15) is 24.5 Å². The molecule has 4 heterocycles. The Balaban J connectivity index is 1.30. The molecule has 0 aliphatic carbocycles. The molecule has 1 amide bonds. The van der Waals surface area contributed by atoms with Crippen LogP contribution in [-0.2, 0) is 11.3 Å². The molecule has 2 aliphatic rings. The number of anilines is 1. The van der Waals surface area contributed by atoms with Crippen molar-refractivity contribution in [3.63, 3.8) is 0 Å². The first-order valence-corrected chi connectivity index (χ1v) is 9.32. The third-order valence-electron chi connectivity index (χ3n) is 5.18. The SMILES string of the molecule is O=C(Cn1ccc(C2CCCNC2)n1)N1CCN(c2cnccn2)CC1. The fourth-order valence-electron chi connectivity index (χ4n) is 3.67. The van der Waals surface area contributed by atoms with Crippen LogP contribution < -0.4 is 10.2 Å². The zero-order chi connectivity index (χ0) is 17.8. The zero-order valence-corrected chi connectivity index (χ0v) is 14.9. The molecule has 8 nitrogen and oxygen atoms in total. The van der Waals surface area contributed by atoms with Gasteiger partial charge in [-0.05, 0) is 25.5 Å². The van der Waals surface area contributed by atoms with Gasteiger partial charge in [-0.15, -0.1) is 0 Å². The average Bonchev–Trinajstić information content (AvgIpc) is 3.18. The minimum atomic E-state index is 0.125. The van der Waals surface area contributed by atoms with Crippen LogP contribution in [0.5, 0.6) is 0 Å². The van der Waals surface area contributed by atoms with Crippen LogP contribution in [0.2, 0.25) is 0 Å². The number of hydrogen-bond acceptors (Lipinski definition) is 6. The van der Waals surface area contributed by atoms with Gasteiger partial charge < -0.3 is 15.1 Å². The molecule has 2 fully saturated rings. The summed E-state index contributed by atoms with van der Waals surface area (Å²) in [5.74, 6) is 1.47. The molecule has 138 valence electrons. The molecule has 1 atom stereocenters. The Morgan fingerprint density at radius 3 is 2.85 bits per heavy atom. The van der Waals surface area contributed by atoms with Gasteiger partial charge in [0.25, 0.3) is 0 Å². The second-order valence-electron chi connectivity index (χ2n) is 6.91. The lowest BCUT2D eigenvalue weighted by atomic mass is 9.97. The van der Waals surface area contributed by atoms with Crippen molar-refractivity contribution >= 4 is 11.7 Å². The van der Waals surface area contributed by atoms with E-state index < -0.39 is 0 Å². The van der Waals surface area contributed by atoms with Crippen molar-refractivity contribution in [1.29, 1.82) is 0 Å². The van der Waals surface area contributed by atoms with E-state index in [-0.39, 0.29) is 5.91 Å². The van der Waals surface area contributed by atoms with Crippen molar-refractivity contribution in [1.82, 2.24) is 30.0 Å². The second kappa shape index (κ2) is 7.82. The van der Waals surface area contributed by atoms with Crippen LogP contribution in [0.4, 0.5) is 5.82 Å². The molecule has 2 saturated heterocycles. The normalized spacial score (nSPS) is 21.0. The van der Waals surface area contributed by atoms with Gasteiger partial charge in [0.1, 0.15) is 12.4 Å². The van der Waals surface area contributed by atoms with E-state index in [9.17, 15) is 4.79 Å². The first-order chi connectivity index (χ1) is 12.8. The summed E-state index contributed by atoms with van der Waals surface area (Å²) in [6.45, 7) is 5.36. The molecule has 0 aromatic carbocycles. The first kappa shape index (κ1) is 17.0. The standard InChI is InChI=1S/C18H25N7O/c26-18(14-25-7-3-16(22-25)15-2-1-4-19-12-15)24-10-8-23(9-11-24)17-13-20-5-6-21-17/h3,5-7,13,15,19H,1-2,4,8-12,14H2. The predicted molar refractivity (Wildman–Crippen MR) is 97.9 cm³/mol. The number of hydrogen-bond donors (Lipinski definition) is 1. The Bertz CT molecular complexity index is 718. The number of nitrogens with zero attached hydrogens (tertiary/aromatic N) is 6. The molecule has 0 bridgehead atoms. The van der Waals surface area contributed by atoms with Crippen LogP contribution in [0.15, 0.2) is 30.9 Å². The maximum Gasteiger partial charge on any atom is 0.244 e. The van der Waals surface area contributed by atoms with E-state index in [1.54, 1.807) is 23.3 Å². The van der Waals surface area contributed by atoms with E-state index >= 15 is 0 Å². The van der Waals surface area contributed by atoms with Crippen molar-refractivity contribution < 1.29 is 4.79 Å². The Labute approximate surface area is 153 Å². The highest BCUT2D eigenvalue weighted by Gasteiger charge is 2.23. The Morgan fingerprint density at radius 1 is 1.23 bits per heavy atom. The summed E-state index contributed by atoms with van der Waals surface area (Å²) in [5, 5.41) is 8.05. The molecule has 0 radical (unpaired) electrons. The third-order valence-corrected chi connectivity index (χ3v) is 5.18. The fourth-order valence-corrected chi connectivity index (χ4v) is 3.67. The smallest absolute Gasteiger partial charge is 0.244 e. The van der Waals surface area contributed by atoms with Gasteiger partial charge in [-0.2, -0.15) is 5.10 Å². The number of carbonyl (C=O) groups excluding carboxylic acids is 1. The highest BCUT2D eigenvalue weighted by molar-refractivity contribution is 5.76. The van der Waals surface area contributed by atoms with Gasteiger partial charge in [-0.3, -0.25) is 14.5 Å². The predicted octanol–water partition coefficient (Wildman–Crippen LogP) is 0.489. The van der Waals surface area contributed by atoms with Gasteiger partial charge >= 0.3 is 0 Å². The molecular weight excluding hydrogens is 330 g/mol. The number of nitrogens with one attached hydrogen (secondary N) is 1. The van der Waals surface area contributed by atoms with E-state index in [1.165, 1.54) is 12.8 Å². The van der Waals surface area contributed by atoms with Gasteiger partial charge in [0.05, 0.1) is 11.9 Å². The number of piperidine rings is 1. The van der Waals surface area contributed by atoms with E-state index in [2.05, 4.69) is 31.3 Å². The molecule has 8 heteroatoms. The lowest BCUT2D eigenvalue weighted by Gasteiger charge is -2.35. The van der Waals surface area contributed by atoms with Crippen LogP contribution in [0.3, 0.4) is 0 Å². The van der Waals surface area contributed by atoms with Gasteiger partial charge in [0, 0.05) is 57.2 Å². The monoisotopic (exact) mass is 355 g/mol. The molecule has 4 rings (SSSR count). The Morgan fingerprint density at radius 2 is 2.12 bits per heavy atom. The highest BCUT2D eigenvalue weighted by atomic mass is 16.2. The zero-order valence-electron chi connectivity index (χ0n) is 14.9. The number of aromatic nitrogens is 4. The number of carbonyl (C=O) groups is 1. The lowest BCUT2D eigenvalue weighted by Crippen LogP contribution is -2.49. The van der Waals surface area contributed by atoms with Crippen molar-refractivity contribution in [2.75, 3.05) is 44.2 Å². The minimum Gasteiger partial charge on any atom is -0.352 e. The quantitative estimate of drug-likeness (QED) is 0.860. The molecule has 1 N–H and O–H groups in total. The summed E-state index contributed by atoms with van der Waals surface area (Å²) < 4.78 is 1.78. The first-order valence-electron chi connectivity index (χ1n) is 9.32. The molecular formula is C18H25N7O. The maximum absolute atomic E-state index is 12.6. The summed E-state index contributed by atoms with van der Waals surface area (Å²) in [6, 6.07) is 2.05. The second-order valence-corrected chi connectivity index (χ2v) is 6.91. The van der Waals surface area contributed by atoms with Gasteiger partial charge in [0.2, 0.25) is 5.91 Å². The number of piperazine rings is 1. The minimum absolute atomic E-state index is 0.125. The maximum atomic E-state index is 12.6. The van der Waals surface area contributed by atoms with Gasteiger partial charge in [0.15, 0.2) is 0 Å². The summed E-state index contributed by atoms with van der Waals surface area (Å²) >= 11 is 0. The number of amides is 1. The topological polar surface area (TPSA) is 79.2 Å². The molecule has 0 saturated carbocycles. The van der Waals surface area contributed by atoms with Gasteiger partial charge in [-0.25, -0.2) is 4.98 Å². The lowest BCUT2D eigenvalue weighted by molar-refractivity contribution is -0.132. The van der Waals surface area contributed by atoms with E-state index in [0.717, 1.165) is 37.7 Å². The van der Waals surface area contributed by atoms with Gasteiger partial charge in [-0.1, -0.05) is 0 Å². The van der Waals surface area contributed by atoms with E-state index in [4.69, 9.17) is 0 Å². The van der Waals surface area contributed by atoms with Crippen LogP contribution in [-0.4, -0.2) is 69.8 Å². The van der Waals surface area contributed by atoms with Crippen LogP contribution in [0, 0.1) is 0 Å². The van der Waals surface area contributed by atoms with Crippen LogP contribution >= 0.6 is 0 Å². The van der Waals surface area contributed by atoms with Crippen molar-refractivity contribution in [2.24, 2.45) is 0 Å². The van der Waals surface area contributed by atoms with Crippen molar-refractivity contribution in [3.05, 3.63) is 36.5 Å². The van der Waals surface area contributed by atoms with E-state index in [0.29, 0.717) is 25.6 Å². The number of rotatable bonds is 4. The molecule has 1 unspecified atom stereocenters. The molecule has 2 aromatic heterocycles. The Kier molecular flexibility index (Phi) is 5.10.